The second-order valence-corrected chi connectivity index (χ2v) is 4.81. The fourth-order valence-corrected chi connectivity index (χ4v) is 1.98. The van der Waals surface area contributed by atoms with Crippen LogP contribution in [0.1, 0.15) is 26.2 Å². The molecule has 18 heavy (non-hydrogen) atoms. The number of aliphatic hydroxyl groups is 1. The summed E-state index contributed by atoms with van der Waals surface area (Å²) in [6.07, 6.45) is 2.57. The van der Waals surface area contributed by atoms with Crippen molar-refractivity contribution < 1.29 is 9.84 Å². The number of nitrogens with one attached hydrogen (secondary N) is 1. The number of aliphatic hydroxyl groups excluding tert-OH is 1. The summed E-state index contributed by atoms with van der Waals surface area (Å²) in [6, 6.07) is 3.65. The topological polar surface area (TPSA) is 80.4 Å². The molecule has 0 unspecified atom stereocenters. The van der Waals surface area contributed by atoms with Crippen LogP contribution >= 0.6 is 0 Å². The van der Waals surface area contributed by atoms with E-state index in [-0.39, 0.29) is 6.10 Å². The zero-order valence-corrected chi connectivity index (χ0v) is 10.7. The van der Waals surface area contributed by atoms with E-state index in [9.17, 15) is 5.11 Å². The first-order valence-electron chi connectivity index (χ1n) is 6.50. The number of hydrogen-bond acceptors (Lipinski definition) is 5. The Labute approximate surface area is 107 Å². The first kappa shape index (κ1) is 13.0. The number of nitrogen functional groups attached to an aromatic ring is 1. The molecule has 100 valence electrons. The Morgan fingerprint density at radius 1 is 1.50 bits per heavy atom. The minimum atomic E-state index is -0.111. The van der Waals surface area contributed by atoms with Gasteiger partial charge in [0.1, 0.15) is 5.82 Å². The van der Waals surface area contributed by atoms with Gasteiger partial charge in [-0.2, -0.15) is 4.98 Å². The van der Waals surface area contributed by atoms with Crippen LogP contribution in [0.2, 0.25) is 0 Å². The molecule has 1 heterocycles. The molecule has 4 N–H and O–H groups in total. The lowest BCUT2D eigenvalue weighted by molar-refractivity contribution is 0.0486. The fourth-order valence-electron chi connectivity index (χ4n) is 1.98. The summed E-state index contributed by atoms with van der Waals surface area (Å²) in [4.78, 5) is 4.34. The Bertz CT molecular complexity index is 392. The molecule has 0 saturated heterocycles. The molecule has 2 rings (SSSR count). The normalized spacial score (nSPS) is 22.3. The number of ether oxygens (including phenoxy) is 1. The van der Waals surface area contributed by atoms with Crippen LogP contribution in [0.25, 0.3) is 0 Å². The van der Waals surface area contributed by atoms with Crippen molar-refractivity contribution in [2.45, 2.75) is 32.3 Å². The van der Waals surface area contributed by atoms with Crippen LogP contribution < -0.4 is 15.8 Å². The highest BCUT2D eigenvalue weighted by Crippen LogP contribution is 2.27. The summed E-state index contributed by atoms with van der Waals surface area (Å²) in [5, 5.41) is 12.5. The van der Waals surface area contributed by atoms with Crippen molar-refractivity contribution in [1.82, 2.24) is 4.98 Å². The average molecular weight is 251 g/mol. The van der Waals surface area contributed by atoms with Crippen LogP contribution in [0.15, 0.2) is 12.1 Å². The van der Waals surface area contributed by atoms with Gasteiger partial charge in [0.15, 0.2) is 0 Å². The van der Waals surface area contributed by atoms with Gasteiger partial charge in [-0.05, 0) is 37.3 Å². The maximum atomic E-state index is 9.21. The van der Waals surface area contributed by atoms with Crippen molar-refractivity contribution in [3.05, 3.63) is 12.1 Å². The lowest BCUT2D eigenvalue weighted by Gasteiger charge is -2.31. The molecule has 1 aliphatic rings. The van der Waals surface area contributed by atoms with Gasteiger partial charge in [0, 0.05) is 6.54 Å². The van der Waals surface area contributed by atoms with E-state index in [1.807, 2.05) is 13.0 Å². The predicted octanol–water partition coefficient (Wildman–Crippen LogP) is 1.64. The summed E-state index contributed by atoms with van der Waals surface area (Å²) in [6.45, 7) is 3.50. The van der Waals surface area contributed by atoms with E-state index >= 15 is 0 Å². The first-order chi connectivity index (χ1) is 8.69. The largest absolute Gasteiger partial charge is 0.476 e. The lowest BCUT2D eigenvalue weighted by atomic mass is 9.82. The van der Waals surface area contributed by atoms with Gasteiger partial charge in [-0.15, -0.1) is 0 Å². The molecule has 0 aromatic carbocycles. The van der Waals surface area contributed by atoms with Gasteiger partial charge in [0.05, 0.1) is 18.4 Å². The van der Waals surface area contributed by atoms with Gasteiger partial charge in [-0.1, -0.05) is 6.92 Å². The van der Waals surface area contributed by atoms with E-state index in [1.165, 1.54) is 0 Å². The second-order valence-electron chi connectivity index (χ2n) is 4.81. The lowest BCUT2D eigenvalue weighted by Crippen LogP contribution is -2.33. The van der Waals surface area contributed by atoms with E-state index in [0.717, 1.165) is 31.6 Å². The Balaban J connectivity index is 1.87. The molecule has 1 aromatic heterocycles. The average Bonchev–Trinajstić information content (AvgIpc) is 2.33. The number of aromatic nitrogens is 1. The van der Waals surface area contributed by atoms with E-state index in [2.05, 4.69) is 10.3 Å². The van der Waals surface area contributed by atoms with E-state index in [4.69, 9.17) is 10.5 Å². The monoisotopic (exact) mass is 251 g/mol. The van der Waals surface area contributed by atoms with Gasteiger partial charge in [0.25, 0.3) is 0 Å². The van der Waals surface area contributed by atoms with Crippen molar-refractivity contribution >= 4 is 11.5 Å². The molecule has 0 radical (unpaired) electrons. The fraction of sp³-hybridized carbons (Fsp3) is 0.615. The van der Waals surface area contributed by atoms with Crippen LogP contribution in [0.4, 0.5) is 11.5 Å². The molecule has 0 amide bonds. The van der Waals surface area contributed by atoms with Crippen LogP contribution in [0.3, 0.4) is 0 Å². The van der Waals surface area contributed by atoms with Crippen LogP contribution in [0.5, 0.6) is 5.88 Å². The Kier molecular flexibility index (Phi) is 4.25. The number of anilines is 2. The van der Waals surface area contributed by atoms with Crippen molar-refractivity contribution in [2.75, 3.05) is 24.2 Å². The third-order valence-corrected chi connectivity index (χ3v) is 3.12. The number of nitrogens with two attached hydrogens (primary N) is 1. The minimum Gasteiger partial charge on any atom is -0.476 e. The third-order valence-electron chi connectivity index (χ3n) is 3.12. The van der Waals surface area contributed by atoms with Gasteiger partial charge in [0.2, 0.25) is 5.88 Å². The van der Waals surface area contributed by atoms with Gasteiger partial charge < -0.3 is 20.9 Å². The molecule has 1 aromatic rings. The smallest absolute Gasteiger partial charge is 0.239 e. The highest BCUT2D eigenvalue weighted by atomic mass is 16.5. The summed E-state index contributed by atoms with van der Waals surface area (Å²) in [5.74, 6) is 1.81. The van der Waals surface area contributed by atoms with Crippen molar-refractivity contribution in [2.24, 2.45) is 5.92 Å². The van der Waals surface area contributed by atoms with E-state index < -0.39 is 0 Å². The van der Waals surface area contributed by atoms with Gasteiger partial charge in [-0.3, -0.25) is 0 Å². The highest BCUT2D eigenvalue weighted by molar-refractivity contribution is 5.53. The number of pyridine rings is 1. The molecule has 1 fully saturated rings. The SMILES string of the molecule is CCCOc1nc(NCC2CC(O)C2)ccc1N. The van der Waals surface area contributed by atoms with Crippen LogP contribution in [-0.4, -0.2) is 29.3 Å². The summed E-state index contributed by atoms with van der Waals surface area (Å²) < 4.78 is 5.47. The zero-order valence-electron chi connectivity index (χ0n) is 10.7. The molecule has 5 nitrogen and oxygen atoms in total. The summed E-state index contributed by atoms with van der Waals surface area (Å²) in [5.41, 5.74) is 6.36. The maximum Gasteiger partial charge on any atom is 0.239 e. The Morgan fingerprint density at radius 3 is 2.94 bits per heavy atom. The quantitative estimate of drug-likeness (QED) is 0.716. The molecule has 5 heteroatoms. The third kappa shape index (κ3) is 3.26. The Morgan fingerprint density at radius 2 is 2.28 bits per heavy atom. The Hall–Kier alpha value is -1.49. The number of nitrogens with zero attached hydrogens (tertiary/aromatic N) is 1. The molecule has 0 bridgehead atoms. The van der Waals surface area contributed by atoms with Crippen molar-refractivity contribution in [1.29, 1.82) is 0 Å². The molecular formula is C13H21N3O2. The highest BCUT2D eigenvalue weighted by Gasteiger charge is 2.26. The van der Waals surface area contributed by atoms with Crippen molar-refractivity contribution in [3.63, 3.8) is 0 Å². The molecule has 0 aliphatic heterocycles. The van der Waals surface area contributed by atoms with Gasteiger partial charge >= 0.3 is 0 Å². The molecule has 1 saturated carbocycles. The van der Waals surface area contributed by atoms with Gasteiger partial charge in [-0.25, -0.2) is 0 Å². The summed E-state index contributed by atoms with van der Waals surface area (Å²) >= 11 is 0. The predicted molar refractivity (Wildman–Crippen MR) is 71.7 cm³/mol. The van der Waals surface area contributed by atoms with E-state index in [1.54, 1.807) is 6.07 Å². The van der Waals surface area contributed by atoms with Crippen molar-refractivity contribution in [3.8, 4) is 5.88 Å². The zero-order chi connectivity index (χ0) is 13.0. The van der Waals surface area contributed by atoms with Crippen LogP contribution in [-0.2, 0) is 0 Å². The molecular weight excluding hydrogens is 230 g/mol. The maximum absolute atomic E-state index is 9.21. The van der Waals surface area contributed by atoms with E-state index in [0.29, 0.717) is 24.1 Å². The summed E-state index contributed by atoms with van der Waals surface area (Å²) in [7, 11) is 0. The first-order valence-corrected chi connectivity index (χ1v) is 6.50. The number of hydrogen-bond donors (Lipinski definition) is 3. The standard InChI is InChI=1S/C13H21N3O2/c1-2-5-18-13-11(14)3-4-12(16-13)15-8-9-6-10(17)7-9/h3-4,9-10,17H,2,5-8,14H2,1H3,(H,15,16). The van der Waals surface area contributed by atoms with Crippen LogP contribution in [0, 0.1) is 5.92 Å². The number of rotatable bonds is 6. The molecule has 0 atom stereocenters. The molecule has 1 aliphatic carbocycles. The minimum absolute atomic E-state index is 0.111. The second kappa shape index (κ2) is 5.91. The molecule has 0 spiro atoms.